The molecular weight excluding hydrogens is 477 g/mol. The van der Waals surface area contributed by atoms with E-state index in [4.69, 9.17) is 0 Å². The van der Waals surface area contributed by atoms with Gasteiger partial charge in [-0.25, -0.2) is 4.99 Å². The summed E-state index contributed by atoms with van der Waals surface area (Å²) in [7, 11) is 3.51. The Balaban J connectivity index is 0.00000420. The third-order valence-corrected chi connectivity index (χ3v) is 5.34. The zero-order valence-electron chi connectivity index (χ0n) is 18.4. The number of nitrogens with one attached hydrogen (secondary N) is 2. The smallest absolute Gasteiger partial charge is 0.243 e. The lowest BCUT2D eigenvalue weighted by atomic mass is 9.99. The standard InChI is InChI=1S/C22H37N5O.HI/c1-18-11-15-27(16-12-18)14-8-13-23-22(24-17-21(28)26(3)4)25-19(2)20-9-6-5-7-10-20;/h5-7,9-10,18-19H,8,11-17H2,1-4H3,(H2,23,24,25);1H. The van der Waals surface area contributed by atoms with Crippen molar-refractivity contribution in [1.29, 1.82) is 0 Å². The summed E-state index contributed by atoms with van der Waals surface area (Å²) in [5, 5.41) is 6.83. The zero-order valence-corrected chi connectivity index (χ0v) is 20.7. The molecule has 0 aromatic heterocycles. The molecular formula is C22H38IN5O. The van der Waals surface area contributed by atoms with Gasteiger partial charge in [0.1, 0.15) is 6.54 Å². The van der Waals surface area contributed by atoms with E-state index in [-0.39, 0.29) is 42.5 Å². The predicted octanol–water partition coefficient (Wildman–Crippen LogP) is 3.11. The van der Waals surface area contributed by atoms with E-state index in [0.29, 0.717) is 5.96 Å². The van der Waals surface area contributed by atoms with Crippen molar-refractivity contribution in [1.82, 2.24) is 20.4 Å². The van der Waals surface area contributed by atoms with Crippen molar-refractivity contribution in [2.24, 2.45) is 10.9 Å². The summed E-state index contributed by atoms with van der Waals surface area (Å²) in [6.45, 7) is 8.97. The number of carbonyl (C=O) groups is 1. The molecule has 1 fully saturated rings. The summed E-state index contributed by atoms with van der Waals surface area (Å²) in [5.41, 5.74) is 1.19. The predicted molar refractivity (Wildman–Crippen MR) is 132 cm³/mol. The van der Waals surface area contributed by atoms with Gasteiger partial charge in [0.25, 0.3) is 0 Å². The van der Waals surface area contributed by atoms with Crippen LogP contribution in [-0.4, -0.2) is 68.5 Å². The first kappa shape index (κ1) is 25.7. The SMILES string of the molecule is CC1CCN(CCCNC(=NCC(=O)N(C)C)NC(C)c2ccccc2)CC1.I. The number of halogens is 1. The highest BCUT2D eigenvalue weighted by Crippen LogP contribution is 2.15. The van der Waals surface area contributed by atoms with Crippen LogP contribution in [0.3, 0.4) is 0 Å². The van der Waals surface area contributed by atoms with Gasteiger partial charge >= 0.3 is 0 Å². The van der Waals surface area contributed by atoms with Crippen LogP contribution in [0.15, 0.2) is 35.3 Å². The van der Waals surface area contributed by atoms with Crippen molar-refractivity contribution in [3.8, 4) is 0 Å². The molecule has 0 aliphatic carbocycles. The van der Waals surface area contributed by atoms with E-state index in [2.05, 4.69) is 46.5 Å². The fourth-order valence-corrected chi connectivity index (χ4v) is 3.27. The third-order valence-electron chi connectivity index (χ3n) is 5.34. The third kappa shape index (κ3) is 9.80. The average Bonchev–Trinajstić information content (AvgIpc) is 2.70. The number of amides is 1. The Bertz CT molecular complexity index is 615. The monoisotopic (exact) mass is 515 g/mol. The maximum atomic E-state index is 11.9. The van der Waals surface area contributed by atoms with Crippen LogP contribution in [0, 0.1) is 5.92 Å². The van der Waals surface area contributed by atoms with Crippen LogP contribution in [0.4, 0.5) is 0 Å². The lowest BCUT2D eigenvalue weighted by Crippen LogP contribution is -2.41. The van der Waals surface area contributed by atoms with Crippen LogP contribution in [-0.2, 0) is 4.79 Å². The van der Waals surface area contributed by atoms with Crippen molar-refractivity contribution in [3.05, 3.63) is 35.9 Å². The first-order valence-electron chi connectivity index (χ1n) is 10.5. The van der Waals surface area contributed by atoms with Crippen LogP contribution in [0.1, 0.15) is 44.7 Å². The number of hydrogen-bond donors (Lipinski definition) is 2. The van der Waals surface area contributed by atoms with E-state index in [1.807, 2.05) is 18.2 Å². The molecule has 1 aromatic rings. The molecule has 1 unspecified atom stereocenters. The van der Waals surface area contributed by atoms with Gasteiger partial charge in [-0.2, -0.15) is 0 Å². The number of nitrogens with zero attached hydrogens (tertiary/aromatic N) is 3. The molecule has 0 bridgehead atoms. The second-order valence-electron chi connectivity index (χ2n) is 8.03. The summed E-state index contributed by atoms with van der Waals surface area (Å²) in [4.78, 5) is 20.5. The van der Waals surface area contributed by atoms with E-state index in [0.717, 1.165) is 25.4 Å². The summed E-state index contributed by atoms with van der Waals surface area (Å²) < 4.78 is 0. The van der Waals surface area contributed by atoms with Gasteiger partial charge in [-0.1, -0.05) is 37.3 Å². The minimum Gasteiger partial charge on any atom is -0.356 e. The van der Waals surface area contributed by atoms with Gasteiger partial charge in [-0.3, -0.25) is 4.79 Å². The highest BCUT2D eigenvalue weighted by Gasteiger charge is 2.15. The van der Waals surface area contributed by atoms with Crippen molar-refractivity contribution in [3.63, 3.8) is 0 Å². The second-order valence-corrected chi connectivity index (χ2v) is 8.03. The molecule has 1 aliphatic rings. The van der Waals surface area contributed by atoms with E-state index in [1.165, 1.54) is 31.5 Å². The van der Waals surface area contributed by atoms with Crippen LogP contribution in [0.25, 0.3) is 0 Å². The summed E-state index contributed by atoms with van der Waals surface area (Å²) in [6.07, 6.45) is 3.68. The lowest BCUT2D eigenvalue weighted by molar-refractivity contribution is -0.127. The fourth-order valence-electron chi connectivity index (χ4n) is 3.27. The summed E-state index contributed by atoms with van der Waals surface area (Å²) in [5.74, 6) is 1.56. The molecule has 1 aliphatic heterocycles. The van der Waals surface area contributed by atoms with Gasteiger partial charge < -0.3 is 20.4 Å². The minimum atomic E-state index is -0.00380. The van der Waals surface area contributed by atoms with Crippen molar-refractivity contribution >= 4 is 35.8 Å². The first-order valence-corrected chi connectivity index (χ1v) is 10.5. The molecule has 164 valence electrons. The lowest BCUT2D eigenvalue weighted by Gasteiger charge is -2.30. The molecule has 2 N–H and O–H groups in total. The van der Waals surface area contributed by atoms with E-state index >= 15 is 0 Å². The normalized spacial score (nSPS) is 16.6. The molecule has 29 heavy (non-hydrogen) atoms. The molecule has 0 radical (unpaired) electrons. The molecule has 7 heteroatoms. The van der Waals surface area contributed by atoms with Gasteiger partial charge in [-0.15, -0.1) is 24.0 Å². The average molecular weight is 515 g/mol. The van der Waals surface area contributed by atoms with Crippen LogP contribution < -0.4 is 10.6 Å². The van der Waals surface area contributed by atoms with Gasteiger partial charge in [0.15, 0.2) is 5.96 Å². The van der Waals surface area contributed by atoms with E-state index < -0.39 is 0 Å². The van der Waals surface area contributed by atoms with Crippen LogP contribution >= 0.6 is 24.0 Å². The number of hydrogen-bond acceptors (Lipinski definition) is 3. The maximum Gasteiger partial charge on any atom is 0.243 e. The van der Waals surface area contributed by atoms with Gasteiger partial charge in [0, 0.05) is 20.6 Å². The number of rotatable bonds is 8. The number of aliphatic imine (C=N–C) groups is 1. The Kier molecular flexibility index (Phi) is 12.2. The minimum absolute atomic E-state index is 0. The Morgan fingerprint density at radius 1 is 1.24 bits per heavy atom. The molecule has 0 spiro atoms. The zero-order chi connectivity index (χ0) is 20.4. The molecule has 1 atom stereocenters. The molecule has 0 saturated carbocycles. The molecule has 1 aromatic carbocycles. The largest absolute Gasteiger partial charge is 0.356 e. The number of carbonyl (C=O) groups excluding carboxylic acids is 1. The maximum absolute atomic E-state index is 11.9. The number of likely N-dealkylation sites (N-methyl/N-ethyl adjacent to an activating group) is 1. The Morgan fingerprint density at radius 2 is 1.90 bits per heavy atom. The number of likely N-dealkylation sites (tertiary alicyclic amines) is 1. The molecule has 6 nitrogen and oxygen atoms in total. The molecule has 1 saturated heterocycles. The summed E-state index contributed by atoms with van der Waals surface area (Å²) in [6, 6.07) is 10.4. The quantitative estimate of drug-likeness (QED) is 0.242. The van der Waals surface area contributed by atoms with Crippen molar-refractivity contribution in [2.45, 2.75) is 39.2 Å². The van der Waals surface area contributed by atoms with E-state index in [1.54, 1.807) is 19.0 Å². The number of piperidine rings is 1. The van der Waals surface area contributed by atoms with Gasteiger partial charge in [0.05, 0.1) is 6.04 Å². The molecule has 2 rings (SSSR count). The Hall–Kier alpha value is -1.35. The van der Waals surface area contributed by atoms with Gasteiger partial charge in [-0.05, 0) is 57.3 Å². The summed E-state index contributed by atoms with van der Waals surface area (Å²) >= 11 is 0. The number of guanidine groups is 1. The first-order chi connectivity index (χ1) is 13.5. The fraction of sp³-hybridized carbons (Fsp3) is 0.636. The van der Waals surface area contributed by atoms with Gasteiger partial charge in [0.2, 0.25) is 5.91 Å². The van der Waals surface area contributed by atoms with Crippen molar-refractivity contribution in [2.75, 3.05) is 46.8 Å². The highest BCUT2D eigenvalue weighted by atomic mass is 127. The Morgan fingerprint density at radius 3 is 2.52 bits per heavy atom. The van der Waals surface area contributed by atoms with Crippen molar-refractivity contribution < 1.29 is 4.79 Å². The number of benzene rings is 1. The Labute approximate surface area is 193 Å². The van der Waals surface area contributed by atoms with E-state index in [9.17, 15) is 4.79 Å². The van der Waals surface area contributed by atoms with Crippen LogP contribution in [0.5, 0.6) is 0 Å². The molecule has 1 amide bonds. The van der Waals surface area contributed by atoms with Crippen LogP contribution in [0.2, 0.25) is 0 Å². The second kappa shape index (κ2) is 13.8. The highest BCUT2D eigenvalue weighted by molar-refractivity contribution is 14.0. The molecule has 1 heterocycles. The topological polar surface area (TPSA) is 60.0 Å².